The molecule has 1 aliphatic carbocycles. The number of hydrogen-bond donors (Lipinski definition) is 1. The van der Waals surface area contributed by atoms with Gasteiger partial charge in [-0.05, 0) is 49.3 Å². The second-order valence-electron chi connectivity index (χ2n) is 6.69. The molecule has 1 amide bonds. The molecule has 1 saturated carbocycles. The topological polar surface area (TPSA) is 29.1 Å². The maximum Gasteiger partial charge on any atom is 0.232 e. The SMILES string of the molecule is Cc1cccc(C)c1NC(=O)[C@H](c1ccccc1)C1CCCC1. The van der Waals surface area contributed by atoms with Crippen molar-refractivity contribution in [3.63, 3.8) is 0 Å². The highest BCUT2D eigenvalue weighted by atomic mass is 16.1. The third-order valence-electron chi connectivity index (χ3n) is 5.04. The average Bonchev–Trinajstić information content (AvgIpc) is 3.06. The molecule has 1 atom stereocenters. The summed E-state index contributed by atoms with van der Waals surface area (Å²) in [6, 6.07) is 16.4. The standard InChI is InChI=1S/C21H25NO/c1-15-9-8-10-16(2)20(15)22-21(23)19(18-13-6-7-14-18)17-11-4-3-5-12-17/h3-5,8-12,18-19H,6-7,13-14H2,1-2H3,(H,22,23)/t19-/m1/s1. The number of anilines is 1. The Bertz CT molecular complexity index is 651. The second-order valence-corrected chi connectivity index (χ2v) is 6.69. The Morgan fingerprint density at radius 3 is 2.17 bits per heavy atom. The molecule has 0 aromatic heterocycles. The Morgan fingerprint density at radius 1 is 0.957 bits per heavy atom. The van der Waals surface area contributed by atoms with Crippen molar-refractivity contribution in [2.24, 2.45) is 5.92 Å². The molecule has 2 heteroatoms. The van der Waals surface area contributed by atoms with E-state index in [0.717, 1.165) is 35.2 Å². The van der Waals surface area contributed by atoms with Gasteiger partial charge in [-0.25, -0.2) is 0 Å². The second kappa shape index (κ2) is 6.99. The molecule has 1 N–H and O–H groups in total. The summed E-state index contributed by atoms with van der Waals surface area (Å²) < 4.78 is 0. The third-order valence-corrected chi connectivity index (χ3v) is 5.04. The molecule has 0 radical (unpaired) electrons. The molecule has 1 fully saturated rings. The van der Waals surface area contributed by atoms with E-state index < -0.39 is 0 Å². The molecule has 120 valence electrons. The van der Waals surface area contributed by atoms with Crippen LogP contribution in [-0.4, -0.2) is 5.91 Å². The van der Waals surface area contributed by atoms with Gasteiger partial charge in [-0.1, -0.05) is 61.4 Å². The third kappa shape index (κ3) is 3.47. The number of carbonyl (C=O) groups is 1. The lowest BCUT2D eigenvalue weighted by atomic mass is 9.84. The first-order valence-corrected chi connectivity index (χ1v) is 8.59. The monoisotopic (exact) mass is 307 g/mol. The lowest BCUT2D eigenvalue weighted by molar-refractivity contribution is -0.118. The van der Waals surface area contributed by atoms with Crippen molar-refractivity contribution in [2.75, 3.05) is 5.32 Å². The van der Waals surface area contributed by atoms with Gasteiger partial charge in [-0.3, -0.25) is 4.79 Å². The van der Waals surface area contributed by atoms with Crippen LogP contribution in [-0.2, 0) is 4.79 Å². The van der Waals surface area contributed by atoms with Gasteiger partial charge in [-0.15, -0.1) is 0 Å². The minimum Gasteiger partial charge on any atom is -0.325 e. The van der Waals surface area contributed by atoms with Crippen molar-refractivity contribution in [3.05, 3.63) is 65.2 Å². The molecular formula is C21H25NO. The molecular weight excluding hydrogens is 282 g/mol. The molecule has 0 aliphatic heterocycles. The summed E-state index contributed by atoms with van der Waals surface area (Å²) in [5.41, 5.74) is 4.35. The predicted octanol–water partition coefficient (Wildman–Crippen LogP) is 5.22. The smallest absolute Gasteiger partial charge is 0.232 e. The minimum atomic E-state index is -0.0438. The van der Waals surface area contributed by atoms with Gasteiger partial charge in [-0.2, -0.15) is 0 Å². The highest BCUT2D eigenvalue weighted by Crippen LogP contribution is 2.38. The number of hydrogen-bond acceptors (Lipinski definition) is 1. The molecule has 1 aliphatic rings. The molecule has 0 heterocycles. The van der Waals surface area contributed by atoms with Crippen LogP contribution in [0.2, 0.25) is 0 Å². The van der Waals surface area contributed by atoms with Crippen LogP contribution in [0.3, 0.4) is 0 Å². The van der Waals surface area contributed by atoms with Crippen molar-refractivity contribution in [1.82, 2.24) is 0 Å². The fraction of sp³-hybridized carbons (Fsp3) is 0.381. The van der Waals surface area contributed by atoms with Crippen molar-refractivity contribution >= 4 is 11.6 Å². The van der Waals surface area contributed by atoms with Crippen molar-refractivity contribution < 1.29 is 4.79 Å². The Balaban J connectivity index is 1.89. The Kier molecular flexibility index (Phi) is 4.80. The normalized spacial score (nSPS) is 16.3. The maximum absolute atomic E-state index is 13.1. The van der Waals surface area contributed by atoms with Crippen LogP contribution >= 0.6 is 0 Å². The van der Waals surface area contributed by atoms with Gasteiger partial charge in [0.15, 0.2) is 0 Å². The lowest BCUT2D eigenvalue weighted by Gasteiger charge is -2.24. The molecule has 23 heavy (non-hydrogen) atoms. The number of carbonyl (C=O) groups excluding carboxylic acids is 1. The summed E-state index contributed by atoms with van der Waals surface area (Å²) >= 11 is 0. The van der Waals surface area contributed by atoms with Crippen LogP contribution in [0.15, 0.2) is 48.5 Å². The zero-order chi connectivity index (χ0) is 16.2. The zero-order valence-corrected chi connectivity index (χ0v) is 14.0. The number of nitrogens with one attached hydrogen (secondary N) is 1. The fourth-order valence-corrected chi connectivity index (χ4v) is 3.80. The van der Waals surface area contributed by atoms with E-state index in [1.807, 2.05) is 24.3 Å². The summed E-state index contributed by atoms with van der Waals surface area (Å²) in [6.07, 6.45) is 4.79. The quantitative estimate of drug-likeness (QED) is 0.824. The fourth-order valence-electron chi connectivity index (χ4n) is 3.80. The number of para-hydroxylation sites is 1. The van der Waals surface area contributed by atoms with Crippen LogP contribution < -0.4 is 5.32 Å². The molecule has 2 nitrogen and oxygen atoms in total. The molecule has 2 aromatic carbocycles. The molecule has 0 unspecified atom stereocenters. The predicted molar refractivity (Wildman–Crippen MR) is 95.7 cm³/mol. The van der Waals surface area contributed by atoms with E-state index in [1.165, 1.54) is 12.8 Å². The van der Waals surface area contributed by atoms with Crippen LogP contribution in [0, 0.1) is 19.8 Å². The highest BCUT2D eigenvalue weighted by molar-refractivity contribution is 5.97. The van der Waals surface area contributed by atoms with E-state index >= 15 is 0 Å². The van der Waals surface area contributed by atoms with E-state index in [1.54, 1.807) is 0 Å². The van der Waals surface area contributed by atoms with Gasteiger partial charge in [0.1, 0.15) is 0 Å². The number of rotatable bonds is 4. The molecule has 0 bridgehead atoms. The molecule has 3 rings (SSSR count). The van der Waals surface area contributed by atoms with Gasteiger partial charge in [0.2, 0.25) is 5.91 Å². The molecule has 2 aromatic rings. The Morgan fingerprint density at radius 2 is 1.57 bits per heavy atom. The first-order chi connectivity index (χ1) is 11.2. The lowest BCUT2D eigenvalue weighted by Crippen LogP contribution is -2.27. The van der Waals surface area contributed by atoms with Gasteiger partial charge >= 0.3 is 0 Å². The van der Waals surface area contributed by atoms with E-state index in [4.69, 9.17) is 0 Å². The summed E-state index contributed by atoms with van der Waals surface area (Å²) in [5.74, 6) is 0.555. The Labute approximate surface area is 138 Å². The van der Waals surface area contributed by atoms with Gasteiger partial charge in [0, 0.05) is 5.69 Å². The van der Waals surface area contributed by atoms with E-state index in [-0.39, 0.29) is 11.8 Å². The van der Waals surface area contributed by atoms with Crippen molar-refractivity contribution in [2.45, 2.75) is 45.4 Å². The summed E-state index contributed by atoms with van der Waals surface area (Å²) in [5, 5.41) is 3.22. The van der Waals surface area contributed by atoms with Crippen LogP contribution in [0.5, 0.6) is 0 Å². The Hall–Kier alpha value is -2.09. The molecule has 0 saturated heterocycles. The summed E-state index contributed by atoms with van der Waals surface area (Å²) in [7, 11) is 0. The van der Waals surface area contributed by atoms with Gasteiger partial charge in [0.05, 0.1) is 5.92 Å². The minimum absolute atomic E-state index is 0.0438. The van der Waals surface area contributed by atoms with Gasteiger partial charge < -0.3 is 5.32 Å². The number of aryl methyl sites for hydroxylation is 2. The van der Waals surface area contributed by atoms with Crippen molar-refractivity contribution in [3.8, 4) is 0 Å². The zero-order valence-electron chi connectivity index (χ0n) is 14.0. The summed E-state index contributed by atoms with van der Waals surface area (Å²) in [4.78, 5) is 13.1. The first-order valence-electron chi connectivity index (χ1n) is 8.59. The van der Waals surface area contributed by atoms with E-state index in [0.29, 0.717) is 5.92 Å². The average molecular weight is 307 g/mol. The van der Waals surface area contributed by atoms with E-state index in [9.17, 15) is 4.79 Å². The van der Waals surface area contributed by atoms with Gasteiger partial charge in [0.25, 0.3) is 0 Å². The highest BCUT2D eigenvalue weighted by Gasteiger charge is 2.32. The van der Waals surface area contributed by atoms with E-state index in [2.05, 4.69) is 43.4 Å². The van der Waals surface area contributed by atoms with Crippen molar-refractivity contribution in [1.29, 1.82) is 0 Å². The number of benzene rings is 2. The number of amides is 1. The maximum atomic E-state index is 13.1. The van der Waals surface area contributed by atoms with Crippen LogP contribution in [0.1, 0.15) is 48.3 Å². The first kappa shape index (κ1) is 15.8. The molecule has 0 spiro atoms. The summed E-state index contributed by atoms with van der Waals surface area (Å²) in [6.45, 7) is 4.10. The largest absolute Gasteiger partial charge is 0.325 e. The van der Waals surface area contributed by atoms with Crippen LogP contribution in [0.25, 0.3) is 0 Å². The van der Waals surface area contributed by atoms with Crippen LogP contribution in [0.4, 0.5) is 5.69 Å².